The smallest absolute Gasteiger partial charge is 0.224 e. The molecule has 0 saturated carbocycles. The van der Waals surface area contributed by atoms with Crippen molar-refractivity contribution in [1.82, 2.24) is 15.2 Å². The van der Waals surface area contributed by atoms with Gasteiger partial charge in [0, 0.05) is 35.6 Å². The monoisotopic (exact) mass is 551 g/mol. The number of allylic oxidation sites excluding steroid dienone is 1. The molecule has 0 bridgehead atoms. The molecule has 0 spiro atoms. The van der Waals surface area contributed by atoms with Crippen LogP contribution in [0.15, 0.2) is 36.5 Å². The molecule has 222 valence electrons. The van der Waals surface area contributed by atoms with Crippen molar-refractivity contribution in [3.8, 4) is 0 Å². The molecule has 1 aromatic carbocycles. The number of aromatic amines is 1. The van der Waals surface area contributed by atoms with E-state index >= 15 is 0 Å². The van der Waals surface area contributed by atoms with Gasteiger partial charge in [-0.1, -0.05) is 95.4 Å². The molecule has 1 aliphatic carbocycles. The van der Waals surface area contributed by atoms with Crippen molar-refractivity contribution in [2.75, 3.05) is 20.2 Å². The number of aliphatic hydroxyl groups is 2. The number of carbonyl (C=O) groups excluding carboxylic acids is 1. The first-order chi connectivity index (χ1) is 19.5. The maximum atomic E-state index is 13.3. The fourth-order valence-electron chi connectivity index (χ4n) is 6.97. The summed E-state index contributed by atoms with van der Waals surface area (Å²) in [6.45, 7) is 2.67. The molecule has 2 aromatic rings. The summed E-state index contributed by atoms with van der Waals surface area (Å²) in [5, 5.41) is 24.9. The number of carbonyl (C=O) groups is 1. The van der Waals surface area contributed by atoms with E-state index in [4.69, 9.17) is 0 Å². The average molecular weight is 552 g/mol. The summed E-state index contributed by atoms with van der Waals surface area (Å²) in [4.78, 5) is 19.1. The Morgan fingerprint density at radius 2 is 1.80 bits per heavy atom. The van der Waals surface area contributed by atoms with Gasteiger partial charge in [-0.2, -0.15) is 0 Å². The lowest BCUT2D eigenvalue weighted by molar-refractivity contribution is -0.129. The Kier molecular flexibility index (Phi) is 12.1. The number of piperidine rings is 1. The van der Waals surface area contributed by atoms with E-state index in [2.05, 4.69) is 53.6 Å². The molecule has 0 unspecified atom stereocenters. The van der Waals surface area contributed by atoms with Gasteiger partial charge in [-0.3, -0.25) is 4.79 Å². The third-order valence-electron chi connectivity index (χ3n) is 9.34. The van der Waals surface area contributed by atoms with E-state index in [0.717, 1.165) is 25.7 Å². The van der Waals surface area contributed by atoms with E-state index in [0.29, 0.717) is 18.5 Å². The van der Waals surface area contributed by atoms with E-state index < -0.39 is 12.1 Å². The predicted molar refractivity (Wildman–Crippen MR) is 165 cm³/mol. The molecule has 4 N–H and O–H groups in total. The second kappa shape index (κ2) is 15.7. The summed E-state index contributed by atoms with van der Waals surface area (Å²) in [7, 11) is 2.12. The molecule has 2 aliphatic rings. The Hall–Kier alpha value is -2.15. The molecule has 1 amide bonds. The maximum absolute atomic E-state index is 13.3. The Labute approximate surface area is 241 Å². The summed E-state index contributed by atoms with van der Waals surface area (Å²) in [5.74, 6) is 0.0439. The summed E-state index contributed by atoms with van der Waals surface area (Å²) in [6, 6.07) is 6.14. The number of aromatic nitrogens is 1. The third-order valence-corrected chi connectivity index (χ3v) is 9.34. The zero-order valence-electron chi connectivity index (χ0n) is 24.9. The Morgan fingerprint density at radius 3 is 2.50 bits per heavy atom. The van der Waals surface area contributed by atoms with Crippen molar-refractivity contribution < 1.29 is 15.0 Å². The number of rotatable bonds is 17. The van der Waals surface area contributed by atoms with Crippen LogP contribution >= 0.6 is 0 Å². The highest BCUT2D eigenvalue weighted by atomic mass is 16.3. The van der Waals surface area contributed by atoms with Crippen LogP contribution in [0.2, 0.25) is 0 Å². The van der Waals surface area contributed by atoms with Crippen LogP contribution in [-0.2, 0) is 11.2 Å². The van der Waals surface area contributed by atoms with E-state index in [9.17, 15) is 15.0 Å². The highest BCUT2D eigenvalue weighted by Crippen LogP contribution is 2.44. The third kappa shape index (κ3) is 7.98. The minimum absolute atomic E-state index is 0.0748. The number of H-pyrrole nitrogens is 1. The van der Waals surface area contributed by atoms with Gasteiger partial charge in [0.1, 0.15) is 0 Å². The van der Waals surface area contributed by atoms with Crippen molar-refractivity contribution in [2.24, 2.45) is 5.92 Å². The molecule has 4 rings (SSSR count). The number of likely N-dealkylation sites (tertiary alicyclic amines) is 1. The number of benzene rings is 1. The van der Waals surface area contributed by atoms with E-state index in [-0.39, 0.29) is 18.4 Å². The predicted octanol–water partition coefficient (Wildman–Crippen LogP) is 6.22. The molecule has 1 aliphatic heterocycles. The zero-order chi connectivity index (χ0) is 28.3. The quantitative estimate of drug-likeness (QED) is 0.139. The van der Waals surface area contributed by atoms with Gasteiger partial charge in [0.25, 0.3) is 0 Å². The van der Waals surface area contributed by atoms with Gasteiger partial charge >= 0.3 is 0 Å². The minimum Gasteiger partial charge on any atom is -0.394 e. The van der Waals surface area contributed by atoms with Crippen LogP contribution in [0, 0.1) is 5.92 Å². The molecule has 1 aromatic heterocycles. The topological polar surface area (TPSA) is 88.6 Å². The van der Waals surface area contributed by atoms with Gasteiger partial charge in [-0.25, -0.2) is 0 Å². The first kappa shape index (κ1) is 30.8. The number of fused-ring (bicyclic) bond motifs is 2. The number of hydrogen-bond donors (Lipinski definition) is 4. The van der Waals surface area contributed by atoms with E-state index in [1.165, 1.54) is 86.2 Å². The molecule has 1 fully saturated rings. The standard InChI is InChI=1S/C34H53N3O3/c1-3-4-5-6-7-8-9-10-11-12-13-14-15-19-32(39)30(24-38)36-34(40)26-20-28-27-17-16-18-29-33(27)25(22-35-29)21-31(28)37(2)23-26/h15-19,22,26,28,30-32,35,38-39H,3-14,20-21,23-24H2,1-2H3,(H,36,40)/b19-15+/t26-,28-,30+,31-,32+/m1/s1. The minimum atomic E-state index is -0.887. The fourth-order valence-corrected chi connectivity index (χ4v) is 6.97. The fraction of sp³-hybridized carbons (Fsp3) is 0.676. The molecular weight excluding hydrogens is 498 g/mol. The van der Waals surface area contributed by atoms with Crippen molar-refractivity contribution >= 4 is 16.8 Å². The number of nitrogens with zero attached hydrogens (tertiary/aromatic N) is 1. The van der Waals surface area contributed by atoms with Crippen LogP contribution in [0.25, 0.3) is 10.9 Å². The molecule has 40 heavy (non-hydrogen) atoms. The Balaban J connectivity index is 1.18. The van der Waals surface area contributed by atoms with E-state index in [1.807, 2.05) is 6.08 Å². The van der Waals surface area contributed by atoms with Crippen LogP contribution in [-0.4, -0.2) is 64.4 Å². The van der Waals surface area contributed by atoms with Gasteiger partial charge in [0.2, 0.25) is 5.91 Å². The van der Waals surface area contributed by atoms with Crippen molar-refractivity contribution in [3.63, 3.8) is 0 Å². The number of hydrogen-bond acceptors (Lipinski definition) is 4. The molecular formula is C34H53N3O3. The number of amides is 1. The zero-order valence-corrected chi connectivity index (χ0v) is 24.9. The van der Waals surface area contributed by atoms with Crippen LogP contribution in [0.5, 0.6) is 0 Å². The average Bonchev–Trinajstić information content (AvgIpc) is 3.38. The number of aliphatic hydroxyl groups excluding tert-OH is 2. The van der Waals surface area contributed by atoms with E-state index in [1.54, 1.807) is 6.08 Å². The summed E-state index contributed by atoms with van der Waals surface area (Å²) < 4.78 is 0. The lowest BCUT2D eigenvalue weighted by atomic mass is 9.72. The van der Waals surface area contributed by atoms with Gasteiger partial charge in [0.05, 0.1) is 24.7 Å². The Morgan fingerprint density at radius 1 is 1.10 bits per heavy atom. The Bertz CT molecular complexity index is 1080. The van der Waals surface area contributed by atoms with Crippen molar-refractivity contribution in [2.45, 2.75) is 121 Å². The summed E-state index contributed by atoms with van der Waals surface area (Å²) in [6.07, 6.45) is 22.2. The number of unbranched alkanes of at least 4 members (excludes halogenated alkanes) is 11. The number of likely N-dealkylation sites (N-methyl/N-ethyl adjacent to an activating group) is 1. The van der Waals surface area contributed by atoms with Crippen LogP contribution in [0.4, 0.5) is 0 Å². The molecule has 5 atom stereocenters. The molecule has 6 nitrogen and oxygen atoms in total. The maximum Gasteiger partial charge on any atom is 0.224 e. The first-order valence-corrected chi connectivity index (χ1v) is 16.1. The molecule has 2 heterocycles. The van der Waals surface area contributed by atoms with Gasteiger partial charge in [-0.15, -0.1) is 0 Å². The lowest BCUT2D eigenvalue weighted by Gasteiger charge is -2.45. The lowest BCUT2D eigenvalue weighted by Crippen LogP contribution is -2.54. The SMILES string of the molecule is CCCCCCCCCCCCC/C=C/[C@H](O)[C@H](CO)NC(=O)[C@@H]1C[C@@H]2c3cccc4[nH]cc(c34)C[C@H]2N(C)C1. The highest BCUT2D eigenvalue weighted by molar-refractivity contribution is 5.88. The normalized spacial score (nSPS) is 22.4. The molecule has 0 radical (unpaired) electrons. The second-order valence-electron chi connectivity index (χ2n) is 12.4. The summed E-state index contributed by atoms with van der Waals surface area (Å²) >= 11 is 0. The van der Waals surface area contributed by atoms with Crippen LogP contribution in [0.3, 0.4) is 0 Å². The molecule has 6 heteroatoms. The largest absolute Gasteiger partial charge is 0.394 e. The van der Waals surface area contributed by atoms with Crippen molar-refractivity contribution in [1.29, 1.82) is 0 Å². The van der Waals surface area contributed by atoms with Crippen LogP contribution in [0.1, 0.15) is 107 Å². The van der Waals surface area contributed by atoms with Gasteiger partial charge in [-0.05, 0) is 49.9 Å². The number of nitrogens with one attached hydrogen (secondary N) is 2. The second-order valence-corrected chi connectivity index (χ2v) is 12.4. The van der Waals surface area contributed by atoms with Gasteiger partial charge in [0.15, 0.2) is 0 Å². The highest BCUT2D eigenvalue weighted by Gasteiger charge is 2.41. The van der Waals surface area contributed by atoms with Gasteiger partial charge < -0.3 is 25.4 Å². The van der Waals surface area contributed by atoms with Crippen molar-refractivity contribution in [3.05, 3.63) is 47.7 Å². The molecule has 1 saturated heterocycles. The summed E-state index contributed by atoms with van der Waals surface area (Å²) in [5.41, 5.74) is 3.87. The van der Waals surface area contributed by atoms with Crippen LogP contribution < -0.4 is 5.32 Å². The first-order valence-electron chi connectivity index (χ1n) is 16.1.